The molecular formula is C13H21NO. The van der Waals surface area contributed by atoms with Gasteiger partial charge in [-0.05, 0) is 31.0 Å². The van der Waals surface area contributed by atoms with Crippen LogP contribution in [0.25, 0.3) is 0 Å². The summed E-state index contributed by atoms with van der Waals surface area (Å²) < 4.78 is 5.71. The van der Waals surface area contributed by atoms with E-state index >= 15 is 0 Å². The van der Waals surface area contributed by atoms with E-state index in [0.717, 1.165) is 18.9 Å². The lowest BCUT2D eigenvalue weighted by molar-refractivity contribution is 0.307. The van der Waals surface area contributed by atoms with E-state index < -0.39 is 0 Å². The van der Waals surface area contributed by atoms with Gasteiger partial charge in [0.1, 0.15) is 12.4 Å². The summed E-state index contributed by atoms with van der Waals surface area (Å²) in [6.07, 6.45) is 0. The van der Waals surface area contributed by atoms with Crippen LogP contribution in [0.2, 0.25) is 0 Å². The number of hydrogen-bond acceptors (Lipinski definition) is 2. The van der Waals surface area contributed by atoms with Crippen molar-refractivity contribution in [3.05, 3.63) is 29.3 Å². The maximum absolute atomic E-state index is 5.71. The molecule has 0 bridgehead atoms. The standard InChI is InChI=1S/C13H21NO/c1-10(2)14-7-8-15-13-9-11(3)5-6-12(13)4/h5-6,9-10,14H,7-8H2,1-4H3. The molecule has 0 aliphatic carbocycles. The predicted octanol–water partition coefficient (Wildman–Crippen LogP) is 2.68. The van der Waals surface area contributed by atoms with Gasteiger partial charge in [0.25, 0.3) is 0 Å². The summed E-state index contributed by atoms with van der Waals surface area (Å²) in [5, 5.41) is 3.32. The number of hydrogen-bond donors (Lipinski definition) is 1. The first-order valence-corrected chi connectivity index (χ1v) is 5.53. The van der Waals surface area contributed by atoms with E-state index in [-0.39, 0.29) is 0 Å². The Morgan fingerprint density at radius 2 is 2.00 bits per heavy atom. The first kappa shape index (κ1) is 12.1. The van der Waals surface area contributed by atoms with Crippen molar-refractivity contribution in [3.63, 3.8) is 0 Å². The first-order valence-electron chi connectivity index (χ1n) is 5.53. The van der Waals surface area contributed by atoms with Crippen LogP contribution in [0.1, 0.15) is 25.0 Å². The molecule has 15 heavy (non-hydrogen) atoms. The Hall–Kier alpha value is -1.02. The van der Waals surface area contributed by atoms with E-state index in [2.05, 4.69) is 51.2 Å². The number of benzene rings is 1. The number of rotatable bonds is 5. The summed E-state index contributed by atoms with van der Waals surface area (Å²) in [6.45, 7) is 10.0. The molecule has 0 aromatic heterocycles. The Bertz CT molecular complexity index is 307. The van der Waals surface area contributed by atoms with Crippen molar-refractivity contribution in [3.8, 4) is 5.75 Å². The molecule has 2 heteroatoms. The summed E-state index contributed by atoms with van der Waals surface area (Å²) in [4.78, 5) is 0. The highest BCUT2D eigenvalue weighted by Crippen LogP contribution is 2.18. The molecule has 0 saturated heterocycles. The van der Waals surface area contributed by atoms with Crippen molar-refractivity contribution in [1.29, 1.82) is 0 Å². The van der Waals surface area contributed by atoms with Crippen molar-refractivity contribution in [2.24, 2.45) is 0 Å². The van der Waals surface area contributed by atoms with Crippen LogP contribution >= 0.6 is 0 Å². The van der Waals surface area contributed by atoms with Crippen molar-refractivity contribution < 1.29 is 4.74 Å². The minimum Gasteiger partial charge on any atom is -0.492 e. The quantitative estimate of drug-likeness (QED) is 0.749. The second kappa shape index (κ2) is 5.76. The Balaban J connectivity index is 2.40. The molecule has 1 aromatic rings. The van der Waals surface area contributed by atoms with Crippen LogP contribution in [0.3, 0.4) is 0 Å². The maximum Gasteiger partial charge on any atom is 0.122 e. The zero-order valence-corrected chi connectivity index (χ0v) is 10.1. The van der Waals surface area contributed by atoms with Gasteiger partial charge in [-0.25, -0.2) is 0 Å². The lowest BCUT2D eigenvalue weighted by atomic mass is 10.1. The molecule has 84 valence electrons. The van der Waals surface area contributed by atoms with Gasteiger partial charge in [-0.1, -0.05) is 26.0 Å². The van der Waals surface area contributed by atoms with E-state index in [4.69, 9.17) is 4.74 Å². The molecule has 0 spiro atoms. The number of ether oxygens (including phenoxy) is 1. The lowest BCUT2D eigenvalue weighted by Crippen LogP contribution is -2.27. The molecule has 0 heterocycles. The molecule has 0 fully saturated rings. The Kier molecular flexibility index (Phi) is 4.63. The molecule has 1 N–H and O–H groups in total. The van der Waals surface area contributed by atoms with Crippen LogP contribution in [0.5, 0.6) is 5.75 Å². The van der Waals surface area contributed by atoms with E-state index in [1.807, 2.05) is 0 Å². The van der Waals surface area contributed by atoms with Crippen LogP contribution in [0, 0.1) is 13.8 Å². The fourth-order valence-electron chi connectivity index (χ4n) is 1.37. The van der Waals surface area contributed by atoms with Gasteiger partial charge in [0, 0.05) is 12.6 Å². The molecule has 0 aliphatic rings. The zero-order valence-electron chi connectivity index (χ0n) is 10.1. The molecule has 0 aliphatic heterocycles. The Labute approximate surface area is 92.6 Å². The van der Waals surface area contributed by atoms with Crippen LogP contribution in [0.15, 0.2) is 18.2 Å². The zero-order chi connectivity index (χ0) is 11.3. The Morgan fingerprint density at radius 3 is 2.67 bits per heavy atom. The lowest BCUT2D eigenvalue weighted by Gasteiger charge is -2.11. The molecule has 1 rings (SSSR count). The SMILES string of the molecule is Cc1ccc(C)c(OCCNC(C)C)c1. The first-order chi connectivity index (χ1) is 7.09. The fraction of sp³-hybridized carbons (Fsp3) is 0.538. The van der Waals surface area contributed by atoms with Gasteiger partial charge in [-0.15, -0.1) is 0 Å². The van der Waals surface area contributed by atoms with E-state index in [1.54, 1.807) is 0 Å². The summed E-state index contributed by atoms with van der Waals surface area (Å²) >= 11 is 0. The third-order valence-electron chi connectivity index (χ3n) is 2.26. The monoisotopic (exact) mass is 207 g/mol. The summed E-state index contributed by atoms with van der Waals surface area (Å²) in [6, 6.07) is 6.81. The highest BCUT2D eigenvalue weighted by atomic mass is 16.5. The molecule has 0 radical (unpaired) electrons. The van der Waals surface area contributed by atoms with Gasteiger partial charge in [-0.3, -0.25) is 0 Å². The normalized spacial score (nSPS) is 10.7. The van der Waals surface area contributed by atoms with Crippen LogP contribution in [-0.2, 0) is 0 Å². The van der Waals surface area contributed by atoms with Gasteiger partial charge in [0.15, 0.2) is 0 Å². The summed E-state index contributed by atoms with van der Waals surface area (Å²) in [5.41, 5.74) is 2.44. The Morgan fingerprint density at radius 1 is 1.27 bits per heavy atom. The van der Waals surface area contributed by atoms with Crippen LogP contribution in [0.4, 0.5) is 0 Å². The molecule has 0 amide bonds. The highest BCUT2D eigenvalue weighted by molar-refractivity contribution is 5.35. The third kappa shape index (κ3) is 4.34. The van der Waals surface area contributed by atoms with Crippen molar-refractivity contribution in [2.45, 2.75) is 33.7 Å². The topological polar surface area (TPSA) is 21.3 Å². The number of nitrogens with one attached hydrogen (secondary N) is 1. The average Bonchev–Trinajstić information content (AvgIpc) is 2.17. The molecular weight excluding hydrogens is 186 g/mol. The molecule has 2 nitrogen and oxygen atoms in total. The van der Waals surface area contributed by atoms with Gasteiger partial charge in [0.05, 0.1) is 0 Å². The number of aryl methyl sites for hydroxylation is 2. The molecule has 0 atom stereocenters. The van der Waals surface area contributed by atoms with Crippen molar-refractivity contribution in [1.82, 2.24) is 5.32 Å². The highest BCUT2D eigenvalue weighted by Gasteiger charge is 1.99. The third-order valence-corrected chi connectivity index (χ3v) is 2.26. The van der Waals surface area contributed by atoms with Crippen LogP contribution < -0.4 is 10.1 Å². The molecule has 1 aromatic carbocycles. The minimum atomic E-state index is 0.521. The van der Waals surface area contributed by atoms with Crippen LogP contribution in [-0.4, -0.2) is 19.2 Å². The fourth-order valence-corrected chi connectivity index (χ4v) is 1.37. The maximum atomic E-state index is 5.71. The average molecular weight is 207 g/mol. The van der Waals surface area contributed by atoms with E-state index in [1.165, 1.54) is 11.1 Å². The van der Waals surface area contributed by atoms with Gasteiger partial charge in [-0.2, -0.15) is 0 Å². The van der Waals surface area contributed by atoms with E-state index in [9.17, 15) is 0 Å². The van der Waals surface area contributed by atoms with Crippen molar-refractivity contribution >= 4 is 0 Å². The minimum absolute atomic E-state index is 0.521. The van der Waals surface area contributed by atoms with E-state index in [0.29, 0.717) is 6.04 Å². The molecule has 0 unspecified atom stereocenters. The van der Waals surface area contributed by atoms with Gasteiger partial charge < -0.3 is 10.1 Å². The van der Waals surface area contributed by atoms with Gasteiger partial charge in [0.2, 0.25) is 0 Å². The predicted molar refractivity (Wildman–Crippen MR) is 64.5 cm³/mol. The smallest absolute Gasteiger partial charge is 0.122 e. The van der Waals surface area contributed by atoms with Gasteiger partial charge >= 0.3 is 0 Å². The van der Waals surface area contributed by atoms with Crippen molar-refractivity contribution in [2.75, 3.05) is 13.2 Å². The largest absolute Gasteiger partial charge is 0.492 e. The molecule has 0 saturated carbocycles. The second-order valence-electron chi connectivity index (χ2n) is 4.23. The second-order valence-corrected chi connectivity index (χ2v) is 4.23. The summed E-state index contributed by atoms with van der Waals surface area (Å²) in [5.74, 6) is 1.00. The summed E-state index contributed by atoms with van der Waals surface area (Å²) in [7, 11) is 0.